The van der Waals surface area contributed by atoms with Gasteiger partial charge in [-0.3, -0.25) is 0 Å². The highest BCUT2D eigenvalue weighted by atomic mass is 35.5. The molecule has 0 aromatic heterocycles. The Balaban J connectivity index is 2.16. The van der Waals surface area contributed by atoms with Gasteiger partial charge in [0, 0.05) is 6.54 Å². The molecule has 0 heterocycles. The third kappa shape index (κ3) is 3.56. The lowest BCUT2D eigenvalue weighted by atomic mass is 10.1. The number of aryl methyl sites for hydroxylation is 2. The van der Waals surface area contributed by atoms with Gasteiger partial charge in [0.2, 0.25) is 0 Å². The average Bonchev–Trinajstić information content (AvgIpc) is 2.34. The number of anilines is 1. The van der Waals surface area contributed by atoms with E-state index in [1.807, 2.05) is 0 Å². The van der Waals surface area contributed by atoms with E-state index in [4.69, 9.17) is 34.8 Å². The molecule has 100 valence electrons. The van der Waals surface area contributed by atoms with Crippen LogP contribution in [0.1, 0.15) is 16.7 Å². The van der Waals surface area contributed by atoms with Crippen molar-refractivity contribution < 1.29 is 0 Å². The van der Waals surface area contributed by atoms with E-state index in [9.17, 15) is 0 Å². The predicted octanol–water partition coefficient (Wildman–Crippen LogP) is 5.88. The van der Waals surface area contributed by atoms with E-state index in [0.29, 0.717) is 21.6 Å². The van der Waals surface area contributed by atoms with Crippen molar-refractivity contribution in [3.05, 3.63) is 62.1 Å². The van der Waals surface area contributed by atoms with E-state index in [-0.39, 0.29) is 0 Å². The zero-order valence-electron chi connectivity index (χ0n) is 10.7. The topological polar surface area (TPSA) is 12.0 Å². The lowest BCUT2D eigenvalue weighted by Crippen LogP contribution is -2.02. The van der Waals surface area contributed by atoms with Gasteiger partial charge in [0.05, 0.1) is 20.8 Å². The van der Waals surface area contributed by atoms with Gasteiger partial charge in [-0.1, -0.05) is 58.6 Å². The van der Waals surface area contributed by atoms with Crippen molar-refractivity contribution in [1.82, 2.24) is 0 Å². The van der Waals surface area contributed by atoms with Gasteiger partial charge >= 0.3 is 0 Å². The summed E-state index contributed by atoms with van der Waals surface area (Å²) in [4.78, 5) is 0. The van der Waals surface area contributed by atoms with Crippen LogP contribution in [0.15, 0.2) is 30.3 Å². The minimum absolute atomic E-state index is 0.462. The Labute approximate surface area is 128 Å². The summed E-state index contributed by atoms with van der Waals surface area (Å²) in [5.41, 5.74) is 4.53. The maximum Gasteiger partial charge on any atom is 0.0653 e. The molecule has 0 fully saturated rings. The summed E-state index contributed by atoms with van der Waals surface area (Å²) in [7, 11) is 0. The summed E-state index contributed by atoms with van der Waals surface area (Å²) in [6.45, 7) is 4.88. The van der Waals surface area contributed by atoms with E-state index in [1.54, 1.807) is 12.1 Å². The molecule has 0 spiro atoms. The summed E-state index contributed by atoms with van der Waals surface area (Å²) < 4.78 is 0. The zero-order chi connectivity index (χ0) is 14.0. The number of hydrogen-bond donors (Lipinski definition) is 1. The van der Waals surface area contributed by atoms with Crippen molar-refractivity contribution in [3.63, 3.8) is 0 Å². The summed E-state index contributed by atoms with van der Waals surface area (Å²) >= 11 is 18.0. The van der Waals surface area contributed by atoms with Gasteiger partial charge in [0.15, 0.2) is 0 Å². The third-order valence-electron chi connectivity index (χ3n) is 2.98. The SMILES string of the molecule is Cc1ccc(CNc2cc(Cl)c(Cl)cc2Cl)c(C)c1. The second-order valence-electron chi connectivity index (χ2n) is 4.53. The molecule has 0 saturated carbocycles. The molecular weight excluding hydrogens is 301 g/mol. The Bertz CT molecular complexity index is 609. The molecule has 0 radical (unpaired) electrons. The molecule has 2 aromatic carbocycles. The molecule has 0 aliphatic rings. The molecule has 0 saturated heterocycles. The van der Waals surface area contributed by atoms with E-state index in [1.165, 1.54) is 16.7 Å². The van der Waals surface area contributed by atoms with Gasteiger partial charge in [-0.25, -0.2) is 0 Å². The number of rotatable bonds is 3. The van der Waals surface area contributed by atoms with Gasteiger partial charge in [-0.15, -0.1) is 0 Å². The first kappa shape index (κ1) is 14.5. The predicted molar refractivity (Wildman–Crippen MR) is 84.7 cm³/mol. The van der Waals surface area contributed by atoms with Crippen LogP contribution in [0.25, 0.3) is 0 Å². The highest BCUT2D eigenvalue weighted by Gasteiger charge is 2.06. The largest absolute Gasteiger partial charge is 0.380 e. The molecule has 0 bridgehead atoms. The van der Waals surface area contributed by atoms with Gasteiger partial charge in [0.1, 0.15) is 0 Å². The molecule has 0 atom stereocenters. The Morgan fingerprint density at radius 2 is 1.58 bits per heavy atom. The van der Waals surface area contributed by atoms with Crippen molar-refractivity contribution in [2.24, 2.45) is 0 Å². The Hall–Kier alpha value is -0.890. The Kier molecular flexibility index (Phi) is 4.62. The second-order valence-corrected chi connectivity index (χ2v) is 5.75. The van der Waals surface area contributed by atoms with Crippen LogP contribution in [0.2, 0.25) is 15.1 Å². The molecule has 1 N–H and O–H groups in total. The van der Waals surface area contributed by atoms with Gasteiger partial charge in [0.25, 0.3) is 0 Å². The summed E-state index contributed by atoms with van der Waals surface area (Å²) in [5, 5.41) is 4.81. The molecule has 2 rings (SSSR count). The van der Waals surface area contributed by atoms with Crippen molar-refractivity contribution >= 4 is 40.5 Å². The summed E-state index contributed by atoms with van der Waals surface area (Å²) in [6, 6.07) is 9.77. The molecule has 0 aliphatic carbocycles. The maximum atomic E-state index is 6.13. The first-order chi connectivity index (χ1) is 8.97. The number of hydrogen-bond acceptors (Lipinski definition) is 1. The minimum Gasteiger partial charge on any atom is -0.380 e. The number of halogens is 3. The normalized spacial score (nSPS) is 10.6. The van der Waals surface area contributed by atoms with Gasteiger partial charge < -0.3 is 5.32 Å². The smallest absolute Gasteiger partial charge is 0.0653 e. The van der Waals surface area contributed by atoms with E-state index in [2.05, 4.69) is 37.4 Å². The number of nitrogens with one attached hydrogen (secondary N) is 1. The van der Waals surface area contributed by atoms with Crippen LogP contribution in [0.4, 0.5) is 5.69 Å². The number of benzene rings is 2. The van der Waals surface area contributed by atoms with E-state index < -0.39 is 0 Å². The minimum atomic E-state index is 0.462. The van der Waals surface area contributed by atoms with Gasteiger partial charge in [-0.2, -0.15) is 0 Å². The molecule has 0 amide bonds. The van der Waals surface area contributed by atoms with Crippen LogP contribution in [-0.4, -0.2) is 0 Å². The van der Waals surface area contributed by atoms with Crippen molar-refractivity contribution in [2.45, 2.75) is 20.4 Å². The molecule has 0 unspecified atom stereocenters. The highest BCUT2D eigenvalue weighted by molar-refractivity contribution is 6.44. The van der Waals surface area contributed by atoms with Crippen LogP contribution < -0.4 is 5.32 Å². The first-order valence-corrected chi connectivity index (χ1v) is 7.05. The fourth-order valence-electron chi connectivity index (χ4n) is 1.89. The lowest BCUT2D eigenvalue weighted by Gasteiger charge is -2.12. The monoisotopic (exact) mass is 313 g/mol. The molecule has 0 aliphatic heterocycles. The first-order valence-electron chi connectivity index (χ1n) is 5.92. The van der Waals surface area contributed by atoms with Crippen molar-refractivity contribution in [3.8, 4) is 0 Å². The van der Waals surface area contributed by atoms with Crippen LogP contribution >= 0.6 is 34.8 Å². The van der Waals surface area contributed by atoms with Crippen molar-refractivity contribution in [2.75, 3.05) is 5.32 Å². The highest BCUT2D eigenvalue weighted by Crippen LogP contribution is 2.32. The second kappa shape index (κ2) is 6.04. The third-order valence-corrected chi connectivity index (χ3v) is 4.01. The summed E-state index contributed by atoms with van der Waals surface area (Å²) in [6.07, 6.45) is 0. The van der Waals surface area contributed by atoms with Crippen LogP contribution in [0.3, 0.4) is 0 Å². The zero-order valence-corrected chi connectivity index (χ0v) is 13.0. The lowest BCUT2D eigenvalue weighted by molar-refractivity contribution is 1.11. The molecule has 19 heavy (non-hydrogen) atoms. The van der Waals surface area contributed by atoms with Gasteiger partial charge in [-0.05, 0) is 37.1 Å². The maximum absolute atomic E-state index is 6.13. The summed E-state index contributed by atoms with van der Waals surface area (Å²) in [5.74, 6) is 0. The van der Waals surface area contributed by atoms with Crippen molar-refractivity contribution in [1.29, 1.82) is 0 Å². The fraction of sp³-hybridized carbons (Fsp3) is 0.200. The fourth-order valence-corrected chi connectivity index (χ4v) is 2.51. The Morgan fingerprint density at radius 1 is 0.895 bits per heavy atom. The van der Waals surface area contributed by atoms with E-state index in [0.717, 1.165) is 5.69 Å². The standard InChI is InChI=1S/C15H14Cl3N/c1-9-3-4-11(10(2)5-9)8-19-15-7-13(17)12(16)6-14(15)18/h3-7,19H,8H2,1-2H3. The average molecular weight is 315 g/mol. The quantitative estimate of drug-likeness (QED) is 0.698. The Morgan fingerprint density at radius 3 is 2.26 bits per heavy atom. The molecule has 1 nitrogen and oxygen atoms in total. The van der Waals surface area contributed by atoms with Crippen LogP contribution in [0, 0.1) is 13.8 Å². The molecular formula is C15H14Cl3N. The van der Waals surface area contributed by atoms with E-state index >= 15 is 0 Å². The van der Waals surface area contributed by atoms with Crippen LogP contribution in [-0.2, 0) is 6.54 Å². The molecule has 4 heteroatoms. The molecule has 2 aromatic rings. The van der Waals surface area contributed by atoms with Crippen LogP contribution in [0.5, 0.6) is 0 Å².